The fourth-order valence-electron chi connectivity index (χ4n) is 2.15. The molecule has 0 amide bonds. The van der Waals surface area contributed by atoms with Gasteiger partial charge in [-0.2, -0.15) is 25.5 Å². The topological polar surface area (TPSA) is 143 Å². The first kappa shape index (κ1) is 17.5. The average molecular weight is 359 g/mol. The summed E-state index contributed by atoms with van der Waals surface area (Å²) in [7, 11) is 1.46. The molecule has 1 aromatic heterocycles. The third-order valence-corrected chi connectivity index (χ3v) is 3.40. The molecule has 0 spiro atoms. The van der Waals surface area contributed by atoms with Crippen LogP contribution in [-0.2, 0) is 0 Å². The van der Waals surface area contributed by atoms with Crippen molar-refractivity contribution in [1.29, 1.82) is 10.5 Å². The molecule has 0 bridgehead atoms. The second-order valence-electron chi connectivity index (χ2n) is 5.19. The van der Waals surface area contributed by atoms with Gasteiger partial charge in [0.15, 0.2) is 11.5 Å². The number of hydrogen-bond acceptors (Lipinski definition) is 9. The second-order valence-corrected chi connectivity index (χ2v) is 5.19. The van der Waals surface area contributed by atoms with Crippen molar-refractivity contribution in [2.75, 3.05) is 18.2 Å². The molecule has 0 atom stereocenters. The Morgan fingerprint density at radius 2 is 1.63 bits per heavy atom. The van der Waals surface area contributed by atoms with Crippen LogP contribution in [0.3, 0.4) is 0 Å². The van der Waals surface area contributed by atoms with Gasteiger partial charge in [0.25, 0.3) is 0 Å². The van der Waals surface area contributed by atoms with E-state index < -0.39 is 0 Å². The number of nitrogens with zero attached hydrogens (tertiary/aromatic N) is 5. The molecule has 0 aliphatic rings. The normalized spacial score (nSPS) is 9.74. The molecule has 0 unspecified atom stereocenters. The lowest BCUT2D eigenvalue weighted by atomic mass is 10.2. The Hall–Kier alpha value is -4.37. The number of nitrogen functional groups attached to an aromatic ring is 1. The maximum Gasteiger partial charge on any atom is 0.328 e. The van der Waals surface area contributed by atoms with Crippen LogP contribution in [0, 0.1) is 22.7 Å². The Morgan fingerprint density at radius 1 is 0.926 bits per heavy atom. The Labute approximate surface area is 154 Å². The molecule has 0 fully saturated rings. The average Bonchev–Trinajstić information content (AvgIpc) is 2.68. The molecular weight excluding hydrogens is 346 g/mol. The van der Waals surface area contributed by atoms with Crippen molar-refractivity contribution >= 4 is 17.6 Å². The largest absolute Gasteiger partial charge is 0.493 e. The number of benzene rings is 2. The highest BCUT2D eigenvalue weighted by atomic mass is 16.5. The van der Waals surface area contributed by atoms with E-state index >= 15 is 0 Å². The minimum atomic E-state index is -0.0401. The van der Waals surface area contributed by atoms with E-state index in [1.54, 1.807) is 36.4 Å². The van der Waals surface area contributed by atoms with Gasteiger partial charge in [0.05, 0.1) is 30.4 Å². The van der Waals surface area contributed by atoms with Crippen LogP contribution in [0.25, 0.3) is 0 Å². The summed E-state index contributed by atoms with van der Waals surface area (Å²) in [5, 5.41) is 20.8. The zero-order valence-electron chi connectivity index (χ0n) is 14.2. The van der Waals surface area contributed by atoms with Crippen molar-refractivity contribution in [3.8, 4) is 29.6 Å². The van der Waals surface area contributed by atoms with Crippen molar-refractivity contribution in [2.45, 2.75) is 0 Å². The summed E-state index contributed by atoms with van der Waals surface area (Å²) in [5.74, 6) is 0.819. The van der Waals surface area contributed by atoms with Gasteiger partial charge in [0.1, 0.15) is 0 Å². The van der Waals surface area contributed by atoms with E-state index in [0.29, 0.717) is 28.3 Å². The van der Waals surface area contributed by atoms with Crippen LogP contribution in [-0.4, -0.2) is 22.1 Å². The van der Waals surface area contributed by atoms with Crippen molar-refractivity contribution in [3.63, 3.8) is 0 Å². The van der Waals surface area contributed by atoms with Gasteiger partial charge in [-0.25, -0.2) is 0 Å². The summed E-state index contributed by atoms with van der Waals surface area (Å²) in [6, 6.07) is 15.5. The molecule has 0 saturated carbocycles. The summed E-state index contributed by atoms with van der Waals surface area (Å²) >= 11 is 0. The highest BCUT2D eigenvalue weighted by molar-refractivity contribution is 5.56. The van der Waals surface area contributed by atoms with E-state index in [4.69, 9.17) is 25.7 Å². The van der Waals surface area contributed by atoms with Gasteiger partial charge in [0, 0.05) is 11.8 Å². The highest BCUT2D eigenvalue weighted by Crippen LogP contribution is 2.31. The second kappa shape index (κ2) is 7.68. The van der Waals surface area contributed by atoms with Crippen LogP contribution in [0.4, 0.5) is 17.6 Å². The van der Waals surface area contributed by atoms with Crippen molar-refractivity contribution in [1.82, 2.24) is 15.0 Å². The first-order chi connectivity index (χ1) is 13.1. The maximum atomic E-state index is 8.96. The maximum absolute atomic E-state index is 8.96. The lowest BCUT2D eigenvalue weighted by molar-refractivity contribution is 0.368. The minimum absolute atomic E-state index is 0.0382. The number of anilines is 3. The summed E-state index contributed by atoms with van der Waals surface area (Å²) in [4.78, 5) is 12.1. The van der Waals surface area contributed by atoms with Crippen LogP contribution in [0.1, 0.15) is 11.1 Å². The number of aromatic nitrogens is 3. The molecule has 0 aliphatic heterocycles. The Kier molecular flexibility index (Phi) is 4.96. The third-order valence-electron chi connectivity index (χ3n) is 3.40. The zero-order chi connectivity index (χ0) is 19.2. The SMILES string of the molecule is COc1cc(C#N)ccc1Oc1nc(N)nc(Nc2ccc(C#N)cc2)n1. The Bertz CT molecular complexity index is 1050. The fourth-order valence-corrected chi connectivity index (χ4v) is 2.15. The van der Waals surface area contributed by atoms with Crippen LogP contribution in [0.15, 0.2) is 42.5 Å². The van der Waals surface area contributed by atoms with Crippen LogP contribution in [0.5, 0.6) is 17.5 Å². The molecule has 0 radical (unpaired) electrons. The van der Waals surface area contributed by atoms with E-state index in [9.17, 15) is 0 Å². The van der Waals surface area contributed by atoms with Crippen LogP contribution >= 0.6 is 0 Å². The zero-order valence-corrected chi connectivity index (χ0v) is 14.2. The first-order valence-electron chi connectivity index (χ1n) is 7.66. The molecule has 1 heterocycles. The molecule has 132 valence electrons. The Balaban J connectivity index is 1.85. The lowest BCUT2D eigenvalue weighted by Gasteiger charge is -2.10. The van der Waals surface area contributed by atoms with Gasteiger partial charge < -0.3 is 20.5 Å². The fraction of sp³-hybridized carbons (Fsp3) is 0.0556. The van der Waals surface area contributed by atoms with Gasteiger partial charge >= 0.3 is 6.01 Å². The third kappa shape index (κ3) is 4.18. The predicted octanol–water partition coefficient (Wildman–Crippen LogP) is 2.74. The minimum Gasteiger partial charge on any atom is -0.493 e. The number of nitrogens with one attached hydrogen (secondary N) is 1. The lowest BCUT2D eigenvalue weighted by Crippen LogP contribution is -2.05. The summed E-state index contributed by atoms with van der Waals surface area (Å²) in [6.07, 6.45) is 0. The van der Waals surface area contributed by atoms with Crippen molar-refractivity contribution in [2.24, 2.45) is 0 Å². The molecule has 3 N–H and O–H groups in total. The quantitative estimate of drug-likeness (QED) is 0.702. The molecule has 27 heavy (non-hydrogen) atoms. The van der Waals surface area contributed by atoms with Gasteiger partial charge in [0.2, 0.25) is 11.9 Å². The highest BCUT2D eigenvalue weighted by Gasteiger charge is 2.11. The van der Waals surface area contributed by atoms with Crippen LogP contribution in [0.2, 0.25) is 0 Å². The van der Waals surface area contributed by atoms with E-state index in [1.165, 1.54) is 13.2 Å². The number of rotatable bonds is 5. The molecule has 0 aliphatic carbocycles. The Morgan fingerprint density at radius 3 is 2.30 bits per heavy atom. The number of ether oxygens (including phenoxy) is 2. The monoisotopic (exact) mass is 359 g/mol. The van der Waals surface area contributed by atoms with Crippen molar-refractivity contribution in [3.05, 3.63) is 53.6 Å². The number of hydrogen-bond donors (Lipinski definition) is 2. The molecule has 9 heteroatoms. The van der Waals surface area contributed by atoms with Gasteiger partial charge in [-0.3, -0.25) is 0 Å². The molecule has 9 nitrogen and oxygen atoms in total. The predicted molar refractivity (Wildman–Crippen MR) is 96.5 cm³/mol. The summed E-state index contributed by atoms with van der Waals surface area (Å²) in [6.45, 7) is 0. The number of nitrogens with two attached hydrogens (primary N) is 1. The van der Waals surface area contributed by atoms with E-state index in [-0.39, 0.29) is 17.9 Å². The van der Waals surface area contributed by atoms with Gasteiger partial charge in [-0.1, -0.05) is 0 Å². The van der Waals surface area contributed by atoms with Crippen LogP contribution < -0.4 is 20.5 Å². The molecular formula is C18H13N7O2. The molecule has 2 aromatic carbocycles. The smallest absolute Gasteiger partial charge is 0.328 e. The molecule has 3 rings (SSSR count). The standard InChI is InChI=1S/C18H13N7O2/c1-26-15-8-12(10-20)4-7-14(15)27-18-24-16(21)23-17(25-18)22-13-5-2-11(9-19)3-6-13/h2-8H,1H3,(H3,21,22,23,24,25). The molecule has 3 aromatic rings. The van der Waals surface area contributed by atoms with E-state index in [0.717, 1.165) is 0 Å². The summed E-state index contributed by atoms with van der Waals surface area (Å²) < 4.78 is 10.9. The first-order valence-corrected chi connectivity index (χ1v) is 7.66. The van der Waals surface area contributed by atoms with Gasteiger partial charge in [-0.15, -0.1) is 0 Å². The summed E-state index contributed by atoms with van der Waals surface area (Å²) in [5.41, 5.74) is 7.36. The molecule has 0 saturated heterocycles. The van der Waals surface area contributed by atoms with Crippen molar-refractivity contribution < 1.29 is 9.47 Å². The van der Waals surface area contributed by atoms with E-state index in [2.05, 4.69) is 20.3 Å². The van der Waals surface area contributed by atoms with E-state index in [1.807, 2.05) is 12.1 Å². The van der Waals surface area contributed by atoms with Gasteiger partial charge in [-0.05, 0) is 36.4 Å². The number of methoxy groups -OCH3 is 1. The number of nitriles is 2.